The first-order valence-corrected chi connectivity index (χ1v) is 5.76. The van der Waals surface area contributed by atoms with Gasteiger partial charge in [-0.25, -0.2) is 0 Å². The van der Waals surface area contributed by atoms with Crippen molar-refractivity contribution in [1.29, 1.82) is 0 Å². The highest BCUT2D eigenvalue weighted by atomic mass is 16.5. The zero-order valence-electron chi connectivity index (χ0n) is 9.74. The summed E-state index contributed by atoms with van der Waals surface area (Å²) >= 11 is 0. The van der Waals surface area contributed by atoms with E-state index in [-0.39, 0.29) is 12.0 Å². The van der Waals surface area contributed by atoms with Crippen LogP contribution in [0.5, 0.6) is 0 Å². The van der Waals surface area contributed by atoms with E-state index < -0.39 is 0 Å². The van der Waals surface area contributed by atoms with Crippen molar-refractivity contribution in [1.82, 2.24) is 4.90 Å². The molecule has 0 aromatic rings. The molecule has 0 aromatic carbocycles. The minimum Gasteiger partial charge on any atom is -0.375 e. The number of rotatable bonds is 4. The van der Waals surface area contributed by atoms with E-state index in [1.807, 2.05) is 11.8 Å². The highest BCUT2D eigenvalue weighted by Crippen LogP contribution is 2.12. The summed E-state index contributed by atoms with van der Waals surface area (Å²) in [4.78, 5) is 13.8. The van der Waals surface area contributed by atoms with Gasteiger partial charge in [-0.1, -0.05) is 13.3 Å². The first kappa shape index (κ1) is 12.5. The van der Waals surface area contributed by atoms with E-state index in [1.54, 1.807) is 0 Å². The van der Waals surface area contributed by atoms with Crippen LogP contribution in [0.2, 0.25) is 0 Å². The van der Waals surface area contributed by atoms with Crippen molar-refractivity contribution in [2.45, 2.75) is 32.8 Å². The molecule has 88 valence electrons. The molecule has 1 heterocycles. The third-order valence-corrected chi connectivity index (χ3v) is 2.97. The number of nitrogens with two attached hydrogens (primary N) is 1. The predicted molar refractivity (Wildman–Crippen MR) is 59.4 cm³/mol. The Morgan fingerprint density at radius 2 is 2.40 bits per heavy atom. The lowest BCUT2D eigenvalue weighted by Crippen LogP contribution is -2.45. The molecule has 0 spiro atoms. The molecule has 0 aliphatic carbocycles. The van der Waals surface area contributed by atoms with Crippen LogP contribution in [-0.4, -0.2) is 43.2 Å². The van der Waals surface area contributed by atoms with Gasteiger partial charge in [0.05, 0.1) is 12.7 Å². The number of amides is 1. The molecule has 4 heteroatoms. The zero-order chi connectivity index (χ0) is 11.3. The van der Waals surface area contributed by atoms with Crippen LogP contribution in [0.4, 0.5) is 0 Å². The second-order valence-corrected chi connectivity index (χ2v) is 4.24. The quantitative estimate of drug-likeness (QED) is 0.746. The molecule has 0 aromatic heterocycles. The third-order valence-electron chi connectivity index (χ3n) is 2.97. The van der Waals surface area contributed by atoms with Crippen molar-refractivity contribution < 1.29 is 9.53 Å². The maximum absolute atomic E-state index is 11.9. The topological polar surface area (TPSA) is 55.6 Å². The van der Waals surface area contributed by atoms with Gasteiger partial charge in [0.1, 0.15) is 0 Å². The van der Waals surface area contributed by atoms with E-state index in [0.717, 1.165) is 19.5 Å². The summed E-state index contributed by atoms with van der Waals surface area (Å²) in [6.07, 6.45) is 1.72. The zero-order valence-corrected chi connectivity index (χ0v) is 9.74. The van der Waals surface area contributed by atoms with Crippen molar-refractivity contribution in [2.24, 2.45) is 11.7 Å². The molecule has 4 nitrogen and oxygen atoms in total. The highest BCUT2D eigenvalue weighted by Gasteiger charge is 2.22. The summed E-state index contributed by atoms with van der Waals surface area (Å²) in [5.74, 6) is 0.554. The van der Waals surface area contributed by atoms with Gasteiger partial charge >= 0.3 is 0 Å². The van der Waals surface area contributed by atoms with Crippen LogP contribution in [0, 0.1) is 5.92 Å². The van der Waals surface area contributed by atoms with Gasteiger partial charge in [0.2, 0.25) is 5.91 Å². The number of carbonyl (C=O) groups excluding carboxylic acids is 1. The molecule has 1 fully saturated rings. The summed E-state index contributed by atoms with van der Waals surface area (Å²) in [6, 6.07) is 0. The number of morpholine rings is 1. The molecular formula is C11H22N2O2. The summed E-state index contributed by atoms with van der Waals surface area (Å²) in [5, 5.41) is 0. The first-order chi connectivity index (χ1) is 7.17. The van der Waals surface area contributed by atoms with Crippen LogP contribution in [-0.2, 0) is 9.53 Å². The molecule has 0 saturated carbocycles. The maximum atomic E-state index is 11.9. The van der Waals surface area contributed by atoms with Crippen molar-refractivity contribution in [3.05, 3.63) is 0 Å². The minimum atomic E-state index is 0.167. The van der Waals surface area contributed by atoms with Crippen LogP contribution in [0.15, 0.2) is 0 Å². The van der Waals surface area contributed by atoms with Crippen LogP contribution in [0.1, 0.15) is 26.7 Å². The Morgan fingerprint density at radius 3 is 2.93 bits per heavy atom. The van der Waals surface area contributed by atoms with E-state index in [2.05, 4.69) is 6.92 Å². The maximum Gasteiger partial charge on any atom is 0.223 e. The monoisotopic (exact) mass is 214 g/mol. The molecule has 1 amide bonds. The van der Waals surface area contributed by atoms with Crippen LogP contribution >= 0.6 is 0 Å². The van der Waals surface area contributed by atoms with Crippen molar-refractivity contribution in [3.63, 3.8) is 0 Å². The Hall–Kier alpha value is -0.610. The molecular weight excluding hydrogens is 192 g/mol. The summed E-state index contributed by atoms with van der Waals surface area (Å²) < 4.78 is 5.40. The smallest absolute Gasteiger partial charge is 0.223 e. The fourth-order valence-electron chi connectivity index (χ4n) is 1.82. The summed E-state index contributed by atoms with van der Waals surface area (Å²) in [6.45, 7) is 6.78. The Balaban J connectivity index is 2.38. The molecule has 2 atom stereocenters. The largest absolute Gasteiger partial charge is 0.375 e. The molecule has 1 saturated heterocycles. The van der Waals surface area contributed by atoms with Crippen molar-refractivity contribution in [2.75, 3.05) is 26.2 Å². The van der Waals surface area contributed by atoms with Crippen molar-refractivity contribution in [3.8, 4) is 0 Å². The van der Waals surface area contributed by atoms with Gasteiger partial charge in [0.25, 0.3) is 0 Å². The lowest BCUT2D eigenvalue weighted by molar-refractivity contribution is -0.139. The number of hydrogen-bond acceptors (Lipinski definition) is 3. The highest BCUT2D eigenvalue weighted by molar-refractivity contribution is 5.76. The normalized spacial score (nSPS) is 23.9. The Labute approximate surface area is 91.8 Å². The molecule has 2 unspecified atom stereocenters. The number of ether oxygens (including phenoxy) is 1. The third kappa shape index (κ3) is 3.80. The SMILES string of the molecule is CCC(CN)CC(=O)N1CCOC(C)C1. The van der Waals surface area contributed by atoms with E-state index in [4.69, 9.17) is 10.5 Å². The molecule has 2 N–H and O–H groups in total. The van der Waals surface area contributed by atoms with Gasteiger partial charge in [-0.05, 0) is 19.4 Å². The van der Waals surface area contributed by atoms with Crippen LogP contribution in [0.3, 0.4) is 0 Å². The summed E-state index contributed by atoms with van der Waals surface area (Å²) in [5.41, 5.74) is 5.59. The standard InChI is InChI=1S/C11H22N2O2/c1-3-10(7-12)6-11(14)13-4-5-15-9(2)8-13/h9-10H,3-8,12H2,1-2H3. The van der Waals surface area contributed by atoms with Crippen LogP contribution in [0.25, 0.3) is 0 Å². The Bertz CT molecular complexity index is 205. The van der Waals surface area contributed by atoms with Gasteiger partial charge in [0.15, 0.2) is 0 Å². The fraction of sp³-hybridized carbons (Fsp3) is 0.909. The Kier molecular flexibility index (Phi) is 5.05. The molecule has 1 rings (SSSR count). The van der Waals surface area contributed by atoms with E-state index in [9.17, 15) is 4.79 Å². The van der Waals surface area contributed by atoms with E-state index >= 15 is 0 Å². The predicted octanol–water partition coefficient (Wildman–Crippen LogP) is 0.609. The molecule has 0 radical (unpaired) electrons. The average Bonchev–Trinajstić information content (AvgIpc) is 2.25. The van der Waals surface area contributed by atoms with Crippen molar-refractivity contribution >= 4 is 5.91 Å². The van der Waals surface area contributed by atoms with Gasteiger partial charge in [-0.3, -0.25) is 4.79 Å². The van der Waals surface area contributed by atoms with Gasteiger partial charge in [-0.2, -0.15) is 0 Å². The van der Waals surface area contributed by atoms with E-state index in [1.165, 1.54) is 0 Å². The second kappa shape index (κ2) is 6.08. The Morgan fingerprint density at radius 1 is 1.67 bits per heavy atom. The molecule has 1 aliphatic heterocycles. The van der Waals surface area contributed by atoms with Gasteiger partial charge in [0, 0.05) is 19.5 Å². The molecule has 0 bridgehead atoms. The minimum absolute atomic E-state index is 0.167. The van der Waals surface area contributed by atoms with Gasteiger partial charge < -0.3 is 15.4 Å². The fourth-order valence-corrected chi connectivity index (χ4v) is 1.82. The van der Waals surface area contributed by atoms with E-state index in [0.29, 0.717) is 25.5 Å². The summed E-state index contributed by atoms with van der Waals surface area (Å²) in [7, 11) is 0. The lowest BCUT2D eigenvalue weighted by atomic mass is 10.0. The molecule has 15 heavy (non-hydrogen) atoms. The van der Waals surface area contributed by atoms with Gasteiger partial charge in [-0.15, -0.1) is 0 Å². The number of hydrogen-bond donors (Lipinski definition) is 1. The number of carbonyl (C=O) groups is 1. The second-order valence-electron chi connectivity index (χ2n) is 4.24. The lowest BCUT2D eigenvalue weighted by Gasteiger charge is -2.32. The first-order valence-electron chi connectivity index (χ1n) is 5.76. The van der Waals surface area contributed by atoms with Crippen LogP contribution < -0.4 is 5.73 Å². The average molecular weight is 214 g/mol. The number of nitrogens with zero attached hydrogens (tertiary/aromatic N) is 1. The molecule has 1 aliphatic rings.